The molecule has 2 heterocycles. The van der Waals surface area contributed by atoms with Crippen LogP contribution in [-0.2, 0) is 12.8 Å². The predicted octanol–water partition coefficient (Wildman–Crippen LogP) is 5.38. The normalized spacial score (nSPS) is 16.0. The van der Waals surface area contributed by atoms with Gasteiger partial charge in [-0.25, -0.2) is 9.69 Å². The number of halogens is 2. The van der Waals surface area contributed by atoms with Gasteiger partial charge in [0.05, 0.1) is 16.4 Å². The summed E-state index contributed by atoms with van der Waals surface area (Å²) in [6, 6.07) is 11.8. The number of benzene rings is 2. The van der Waals surface area contributed by atoms with E-state index in [4.69, 9.17) is 28.3 Å². The van der Waals surface area contributed by atoms with Gasteiger partial charge < -0.3 is 0 Å². The quantitative estimate of drug-likeness (QED) is 0.577. The van der Waals surface area contributed by atoms with E-state index in [0.29, 0.717) is 15.7 Å². The average Bonchev–Trinajstić information content (AvgIpc) is 3.32. The van der Waals surface area contributed by atoms with E-state index in [1.807, 2.05) is 15.8 Å². The zero-order valence-electron chi connectivity index (χ0n) is 17.4. The number of carbonyl (C=O) groups is 1. The standard InChI is InChI=1S/C24H24Cl2N4O/c1-15-7-9-18-16(13-15)5-4-6-19-22(24(31)28-29-11-2-3-12-29)27-30(23(18)19)21-10-8-17(25)14-20(21)26/h7-10,13-14H,2-6,11-12H2,1H3,(H,28,31). The number of carbonyl (C=O) groups excluding carboxylic acids is 1. The molecule has 1 saturated heterocycles. The summed E-state index contributed by atoms with van der Waals surface area (Å²) in [6.45, 7) is 3.86. The van der Waals surface area contributed by atoms with Gasteiger partial charge in [0, 0.05) is 29.2 Å². The lowest BCUT2D eigenvalue weighted by molar-refractivity contribution is 0.0819. The molecule has 3 aromatic rings. The molecule has 1 N–H and O–H groups in total. The van der Waals surface area contributed by atoms with Crippen molar-refractivity contribution in [2.75, 3.05) is 13.1 Å². The first-order chi connectivity index (χ1) is 15.0. The number of rotatable bonds is 3. The first-order valence-electron chi connectivity index (χ1n) is 10.7. The lowest BCUT2D eigenvalue weighted by Crippen LogP contribution is -2.40. The molecule has 0 atom stereocenters. The Morgan fingerprint density at radius 2 is 1.84 bits per heavy atom. The maximum Gasteiger partial charge on any atom is 0.286 e. The summed E-state index contributed by atoms with van der Waals surface area (Å²) in [5, 5.41) is 7.86. The van der Waals surface area contributed by atoms with E-state index in [-0.39, 0.29) is 5.91 Å². The molecule has 0 bridgehead atoms. The fourth-order valence-electron chi connectivity index (χ4n) is 4.62. The highest BCUT2D eigenvalue weighted by molar-refractivity contribution is 6.35. The average molecular weight is 455 g/mol. The Labute approximate surface area is 191 Å². The summed E-state index contributed by atoms with van der Waals surface area (Å²) in [6.07, 6.45) is 4.91. The molecule has 31 heavy (non-hydrogen) atoms. The molecular formula is C24H24Cl2N4O. The summed E-state index contributed by atoms with van der Waals surface area (Å²) in [5.74, 6) is -0.155. The molecule has 2 aromatic carbocycles. The molecule has 5 rings (SSSR count). The molecular weight excluding hydrogens is 431 g/mol. The minimum Gasteiger partial charge on any atom is -0.283 e. The van der Waals surface area contributed by atoms with Crippen molar-refractivity contribution in [3.63, 3.8) is 0 Å². The SMILES string of the molecule is Cc1ccc2c(c1)CCCc1c(C(=O)NN3CCCC3)nn(-c3ccc(Cl)cc3Cl)c1-2. The smallest absolute Gasteiger partial charge is 0.283 e. The summed E-state index contributed by atoms with van der Waals surface area (Å²) in [5.41, 5.74) is 9.78. The second-order valence-corrected chi connectivity index (χ2v) is 9.18. The Balaban J connectivity index is 1.70. The fourth-order valence-corrected chi connectivity index (χ4v) is 5.10. The van der Waals surface area contributed by atoms with Crippen molar-refractivity contribution in [2.45, 2.75) is 39.0 Å². The largest absolute Gasteiger partial charge is 0.286 e. The number of hydrogen-bond donors (Lipinski definition) is 1. The summed E-state index contributed by atoms with van der Waals surface area (Å²) < 4.78 is 1.83. The molecule has 1 aliphatic carbocycles. The number of fused-ring (bicyclic) bond motifs is 3. The third-order valence-corrected chi connectivity index (χ3v) is 6.63. The molecule has 1 aliphatic heterocycles. The van der Waals surface area contributed by atoms with Crippen LogP contribution in [0.25, 0.3) is 16.9 Å². The monoisotopic (exact) mass is 454 g/mol. The van der Waals surface area contributed by atoms with E-state index in [9.17, 15) is 4.79 Å². The van der Waals surface area contributed by atoms with Crippen molar-refractivity contribution in [1.29, 1.82) is 0 Å². The van der Waals surface area contributed by atoms with Crippen LogP contribution in [0.4, 0.5) is 0 Å². The summed E-state index contributed by atoms with van der Waals surface area (Å²) in [4.78, 5) is 13.3. The van der Waals surface area contributed by atoms with Crippen LogP contribution in [0, 0.1) is 6.92 Å². The molecule has 0 spiro atoms. The molecule has 7 heteroatoms. The molecule has 5 nitrogen and oxygen atoms in total. The van der Waals surface area contributed by atoms with Crippen molar-refractivity contribution >= 4 is 29.1 Å². The third-order valence-electron chi connectivity index (χ3n) is 6.09. The Bertz CT molecular complexity index is 1160. The van der Waals surface area contributed by atoms with Crippen molar-refractivity contribution in [3.8, 4) is 16.9 Å². The van der Waals surface area contributed by atoms with Crippen LogP contribution >= 0.6 is 23.2 Å². The number of aryl methyl sites for hydroxylation is 2. The van der Waals surface area contributed by atoms with Gasteiger partial charge in [-0.3, -0.25) is 10.2 Å². The molecule has 0 radical (unpaired) electrons. The predicted molar refractivity (Wildman–Crippen MR) is 124 cm³/mol. The van der Waals surface area contributed by atoms with Crippen molar-refractivity contribution in [1.82, 2.24) is 20.2 Å². The minimum atomic E-state index is -0.155. The molecule has 1 aromatic heterocycles. The summed E-state index contributed by atoms with van der Waals surface area (Å²) >= 11 is 12.7. The summed E-state index contributed by atoms with van der Waals surface area (Å²) in [7, 11) is 0. The molecule has 1 fully saturated rings. The van der Waals surface area contributed by atoms with E-state index in [1.165, 1.54) is 11.1 Å². The molecule has 0 saturated carbocycles. The Hall–Kier alpha value is -2.34. The van der Waals surface area contributed by atoms with Gasteiger partial charge in [0.1, 0.15) is 0 Å². The maximum absolute atomic E-state index is 13.3. The third kappa shape index (κ3) is 3.86. The van der Waals surface area contributed by atoms with Crippen molar-refractivity contribution in [2.24, 2.45) is 0 Å². The zero-order chi connectivity index (χ0) is 21.5. The highest BCUT2D eigenvalue weighted by Crippen LogP contribution is 2.38. The maximum atomic E-state index is 13.3. The van der Waals surface area contributed by atoms with Crippen molar-refractivity contribution < 1.29 is 4.79 Å². The topological polar surface area (TPSA) is 50.2 Å². The highest BCUT2D eigenvalue weighted by Gasteiger charge is 2.29. The van der Waals surface area contributed by atoms with Crippen LogP contribution in [0.3, 0.4) is 0 Å². The number of hydrogen-bond acceptors (Lipinski definition) is 3. The van der Waals surface area contributed by atoms with Crippen molar-refractivity contribution in [3.05, 3.63) is 68.8 Å². The Morgan fingerprint density at radius 3 is 2.61 bits per heavy atom. The van der Waals surface area contributed by atoms with E-state index in [1.54, 1.807) is 12.1 Å². The first kappa shape index (κ1) is 20.6. The van der Waals surface area contributed by atoms with Crippen LogP contribution < -0.4 is 5.43 Å². The van der Waals surface area contributed by atoms with Gasteiger partial charge in [-0.15, -0.1) is 0 Å². The van der Waals surface area contributed by atoms with Crippen LogP contribution in [0.1, 0.15) is 46.4 Å². The molecule has 160 valence electrons. The van der Waals surface area contributed by atoms with Gasteiger partial charge in [0.2, 0.25) is 0 Å². The highest BCUT2D eigenvalue weighted by atomic mass is 35.5. The molecule has 2 aliphatic rings. The zero-order valence-corrected chi connectivity index (χ0v) is 18.9. The fraction of sp³-hybridized carbons (Fsp3) is 0.333. The molecule has 1 amide bonds. The number of nitrogens with one attached hydrogen (secondary N) is 1. The van der Waals surface area contributed by atoms with Gasteiger partial charge in [-0.2, -0.15) is 5.10 Å². The van der Waals surface area contributed by atoms with Gasteiger partial charge in [-0.05, 0) is 62.8 Å². The first-order valence-corrected chi connectivity index (χ1v) is 11.5. The Morgan fingerprint density at radius 1 is 1.03 bits per heavy atom. The van der Waals surface area contributed by atoms with Gasteiger partial charge in [0.15, 0.2) is 5.69 Å². The van der Waals surface area contributed by atoms with E-state index in [2.05, 4.69) is 30.5 Å². The van der Waals surface area contributed by atoms with E-state index >= 15 is 0 Å². The van der Waals surface area contributed by atoms with Crippen LogP contribution in [0.2, 0.25) is 10.0 Å². The van der Waals surface area contributed by atoms with Gasteiger partial charge >= 0.3 is 0 Å². The number of nitrogens with zero attached hydrogens (tertiary/aromatic N) is 3. The minimum absolute atomic E-state index is 0.155. The lowest BCUT2D eigenvalue weighted by Gasteiger charge is -2.15. The lowest BCUT2D eigenvalue weighted by atomic mass is 9.99. The van der Waals surface area contributed by atoms with E-state index in [0.717, 1.165) is 67.7 Å². The number of amides is 1. The second kappa shape index (κ2) is 8.30. The van der Waals surface area contributed by atoms with Crippen LogP contribution in [0.15, 0.2) is 36.4 Å². The number of aromatic nitrogens is 2. The van der Waals surface area contributed by atoms with Crippen LogP contribution in [0.5, 0.6) is 0 Å². The number of hydrazine groups is 1. The van der Waals surface area contributed by atoms with Gasteiger partial charge in [0.25, 0.3) is 5.91 Å². The second-order valence-electron chi connectivity index (χ2n) is 8.33. The Kier molecular flexibility index (Phi) is 5.51. The molecule has 0 unspecified atom stereocenters. The van der Waals surface area contributed by atoms with Gasteiger partial charge in [-0.1, -0.05) is 47.0 Å². The van der Waals surface area contributed by atoms with E-state index < -0.39 is 0 Å². The van der Waals surface area contributed by atoms with Crippen LogP contribution in [-0.4, -0.2) is 33.8 Å².